The van der Waals surface area contributed by atoms with E-state index in [4.69, 9.17) is 9.47 Å². The topological polar surface area (TPSA) is 102 Å². The highest BCUT2D eigenvalue weighted by atomic mass is 16.5. The van der Waals surface area contributed by atoms with Crippen LogP contribution in [0.2, 0.25) is 0 Å². The van der Waals surface area contributed by atoms with E-state index < -0.39 is 0 Å². The van der Waals surface area contributed by atoms with E-state index in [1.54, 1.807) is 24.7 Å². The predicted octanol–water partition coefficient (Wildman–Crippen LogP) is 3.02. The number of amides is 1. The lowest BCUT2D eigenvalue weighted by Crippen LogP contribution is -2.10. The highest BCUT2D eigenvalue weighted by molar-refractivity contribution is 5.94. The molecule has 4 rings (SSSR count). The third-order valence-electron chi connectivity index (χ3n) is 4.36. The van der Waals surface area contributed by atoms with Gasteiger partial charge >= 0.3 is 0 Å². The van der Waals surface area contributed by atoms with Crippen molar-refractivity contribution < 1.29 is 14.3 Å². The lowest BCUT2D eigenvalue weighted by Gasteiger charge is -2.15. The Hall–Kier alpha value is -3.49. The molecule has 1 aromatic carbocycles. The van der Waals surface area contributed by atoms with Crippen LogP contribution < -0.4 is 25.4 Å². The number of anilines is 4. The molecule has 1 aliphatic heterocycles. The molecule has 9 nitrogen and oxygen atoms in total. The van der Waals surface area contributed by atoms with E-state index in [0.717, 1.165) is 17.9 Å². The summed E-state index contributed by atoms with van der Waals surface area (Å²) in [7, 11) is 1.80. The molecule has 3 aromatic rings. The zero-order valence-corrected chi connectivity index (χ0v) is 15.8. The number of carbonyl (C=O) groups is 1. The molecule has 0 bridgehead atoms. The van der Waals surface area contributed by atoms with Gasteiger partial charge in [0.1, 0.15) is 17.3 Å². The van der Waals surface area contributed by atoms with E-state index in [1.165, 1.54) is 0 Å². The second-order valence-electron chi connectivity index (χ2n) is 6.28. The Morgan fingerprint density at radius 1 is 1.25 bits per heavy atom. The van der Waals surface area contributed by atoms with Crippen molar-refractivity contribution in [1.82, 2.24) is 14.6 Å². The maximum Gasteiger partial charge on any atom is 0.224 e. The Kier molecular flexibility index (Phi) is 4.88. The van der Waals surface area contributed by atoms with E-state index in [2.05, 4.69) is 26.0 Å². The number of fused-ring (bicyclic) bond motifs is 2. The number of nitrogens with zero attached hydrogens (tertiary/aromatic N) is 3. The van der Waals surface area contributed by atoms with Gasteiger partial charge in [0.05, 0.1) is 25.1 Å². The van der Waals surface area contributed by atoms with E-state index in [9.17, 15) is 4.79 Å². The zero-order chi connectivity index (χ0) is 19.5. The minimum absolute atomic E-state index is 0.0972. The fourth-order valence-corrected chi connectivity index (χ4v) is 2.96. The molecular weight excluding hydrogens is 360 g/mol. The monoisotopic (exact) mass is 382 g/mol. The van der Waals surface area contributed by atoms with Gasteiger partial charge in [-0.15, -0.1) is 0 Å². The van der Waals surface area contributed by atoms with Crippen molar-refractivity contribution in [1.29, 1.82) is 0 Å². The molecule has 0 saturated carbocycles. The van der Waals surface area contributed by atoms with Crippen LogP contribution in [0, 0.1) is 0 Å². The van der Waals surface area contributed by atoms with Crippen molar-refractivity contribution in [3.05, 3.63) is 30.5 Å². The number of carbonyl (C=O) groups excluding carboxylic acids is 1. The third-order valence-corrected chi connectivity index (χ3v) is 4.36. The molecule has 2 aromatic heterocycles. The fourth-order valence-electron chi connectivity index (χ4n) is 2.96. The Labute approximate surface area is 162 Å². The summed E-state index contributed by atoms with van der Waals surface area (Å²) in [6.07, 6.45) is 2.80. The number of hydrogen-bond donors (Lipinski definition) is 3. The quantitative estimate of drug-likeness (QED) is 0.623. The van der Waals surface area contributed by atoms with Crippen molar-refractivity contribution in [2.75, 3.05) is 36.2 Å². The highest BCUT2D eigenvalue weighted by Gasteiger charge is 2.17. The number of rotatable bonds is 5. The summed E-state index contributed by atoms with van der Waals surface area (Å²) in [5, 5.41) is 13.5. The van der Waals surface area contributed by atoms with Crippen LogP contribution in [0.25, 0.3) is 5.65 Å². The Balaban J connectivity index is 1.73. The van der Waals surface area contributed by atoms with E-state index in [1.807, 2.05) is 24.3 Å². The maximum atomic E-state index is 11.8. The summed E-state index contributed by atoms with van der Waals surface area (Å²) in [5.74, 6) is 2.59. The second kappa shape index (κ2) is 7.63. The molecule has 1 amide bonds. The molecule has 28 heavy (non-hydrogen) atoms. The minimum Gasteiger partial charge on any atom is -0.489 e. The Morgan fingerprint density at radius 3 is 2.93 bits per heavy atom. The molecule has 1 aliphatic rings. The highest BCUT2D eigenvalue weighted by Crippen LogP contribution is 2.38. The number of nitrogens with one attached hydrogen (secondary N) is 3. The standard InChI is InChI=1S/C19H22N6O3/c1-3-17(26)23-13-11-21-25-16(20-2)10-15(24-19(13)25)22-12-6-4-7-14-18(12)28-9-5-8-27-14/h4,6-7,10-11,20H,3,5,8-9H2,1-2H3,(H,22,24)(H,23,26). The molecule has 9 heteroatoms. The van der Waals surface area contributed by atoms with Crippen LogP contribution in [0.4, 0.5) is 23.0 Å². The number of hydrogen-bond acceptors (Lipinski definition) is 7. The van der Waals surface area contributed by atoms with E-state index >= 15 is 0 Å². The summed E-state index contributed by atoms with van der Waals surface area (Å²) in [6, 6.07) is 7.53. The van der Waals surface area contributed by atoms with Gasteiger partial charge in [-0.05, 0) is 12.1 Å². The summed E-state index contributed by atoms with van der Waals surface area (Å²) in [6.45, 7) is 3.01. The van der Waals surface area contributed by atoms with Crippen LogP contribution in [0.5, 0.6) is 11.5 Å². The largest absolute Gasteiger partial charge is 0.489 e. The van der Waals surface area contributed by atoms with Crippen LogP contribution in [0.1, 0.15) is 19.8 Å². The Morgan fingerprint density at radius 2 is 2.11 bits per heavy atom. The maximum absolute atomic E-state index is 11.8. The van der Waals surface area contributed by atoms with Gasteiger partial charge in [0.15, 0.2) is 17.1 Å². The lowest BCUT2D eigenvalue weighted by molar-refractivity contribution is -0.115. The normalized spacial score (nSPS) is 13.1. The van der Waals surface area contributed by atoms with E-state index in [-0.39, 0.29) is 5.91 Å². The van der Waals surface area contributed by atoms with Gasteiger partial charge in [0.2, 0.25) is 5.91 Å². The zero-order valence-electron chi connectivity index (χ0n) is 15.8. The van der Waals surface area contributed by atoms with Gasteiger partial charge < -0.3 is 25.4 Å². The van der Waals surface area contributed by atoms with Crippen LogP contribution in [-0.4, -0.2) is 40.8 Å². The van der Waals surface area contributed by atoms with Crippen molar-refractivity contribution in [3.8, 4) is 11.5 Å². The molecule has 3 heterocycles. The molecule has 3 N–H and O–H groups in total. The van der Waals surface area contributed by atoms with Gasteiger partial charge in [-0.3, -0.25) is 4.79 Å². The van der Waals surface area contributed by atoms with Crippen molar-refractivity contribution in [2.24, 2.45) is 0 Å². The first-order valence-electron chi connectivity index (χ1n) is 9.21. The molecule has 146 valence electrons. The molecule has 0 aliphatic carbocycles. The number of aromatic nitrogens is 3. The first kappa shape index (κ1) is 17.9. The SMILES string of the molecule is CCC(=O)Nc1cnn2c(NC)cc(Nc3cccc4c3OCCCO4)nc12. The lowest BCUT2D eigenvalue weighted by atomic mass is 10.2. The van der Waals surface area contributed by atoms with Gasteiger partial charge in [-0.25, -0.2) is 4.98 Å². The molecule has 0 radical (unpaired) electrons. The summed E-state index contributed by atoms with van der Waals surface area (Å²) in [5.41, 5.74) is 1.85. The summed E-state index contributed by atoms with van der Waals surface area (Å²) >= 11 is 0. The first-order valence-corrected chi connectivity index (χ1v) is 9.21. The van der Waals surface area contributed by atoms with Crippen LogP contribution in [-0.2, 0) is 4.79 Å². The molecule has 0 fully saturated rings. The molecule has 0 unspecified atom stereocenters. The number of ether oxygens (including phenoxy) is 2. The minimum atomic E-state index is -0.0972. The molecular formula is C19H22N6O3. The van der Waals surface area contributed by atoms with Crippen molar-refractivity contribution in [3.63, 3.8) is 0 Å². The molecule has 0 atom stereocenters. The molecule has 0 saturated heterocycles. The van der Waals surface area contributed by atoms with Crippen LogP contribution >= 0.6 is 0 Å². The van der Waals surface area contributed by atoms with Gasteiger partial charge in [-0.1, -0.05) is 13.0 Å². The summed E-state index contributed by atoms with van der Waals surface area (Å²) in [4.78, 5) is 16.4. The molecule has 0 spiro atoms. The van der Waals surface area contributed by atoms with Crippen molar-refractivity contribution >= 4 is 34.6 Å². The summed E-state index contributed by atoms with van der Waals surface area (Å²) < 4.78 is 13.3. The number of benzene rings is 1. The van der Waals surface area contributed by atoms with Gasteiger partial charge in [0, 0.05) is 26.0 Å². The Bertz CT molecular complexity index is 1020. The van der Waals surface area contributed by atoms with Crippen LogP contribution in [0.3, 0.4) is 0 Å². The average Bonchev–Trinajstić information content (AvgIpc) is 2.95. The van der Waals surface area contributed by atoms with Gasteiger partial charge in [0.25, 0.3) is 0 Å². The predicted molar refractivity (Wildman–Crippen MR) is 107 cm³/mol. The fraction of sp³-hybridized carbons (Fsp3) is 0.316. The third kappa shape index (κ3) is 3.38. The smallest absolute Gasteiger partial charge is 0.224 e. The van der Waals surface area contributed by atoms with Crippen LogP contribution in [0.15, 0.2) is 30.5 Å². The number of para-hydroxylation sites is 1. The van der Waals surface area contributed by atoms with E-state index in [0.29, 0.717) is 48.3 Å². The van der Waals surface area contributed by atoms with Gasteiger partial charge in [-0.2, -0.15) is 9.61 Å². The first-order chi connectivity index (χ1) is 13.7. The second-order valence-corrected chi connectivity index (χ2v) is 6.28. The average molecular weight is 382 g/mol. The van der Waals surface area contributed by atoms with Crippen molar-refractivity contribution in [2.45, 2.75) is 19.8 Å².